The molecule has 0 aromatic heterocycles. The second kappa shape index (κ2) is 6.35. The predicted molar refractivity (Wildman–Crippen MR) is 65.3 cm³/mol. The number of carbonyl (C=O) groups is 1. The average molecular weight is 263 g/mol. The maximum atomic E-state index is 11.4. The third-order valence-electron chi connectivity index (χ3n) is 3.10. The Morgan fingerprint density at radius 3 is 2.41 bits per heavy atom. The van der Waals surface area contributed by atoms with E-state index in [1.54, 1.807) is 0 Å². The van der Waals surface area contributed by atoms with Gasteiger partial charge in [0, 0.05) is 19.2 Å². The van der Waals surface area contributed by atoms with Gasteiger partial charge in [0.15, 0.2) is 0 Å². The van der Waals surface area contributed by atoms with Crippen LogP contribution in [-0.4, -0.2) is 44.1 Å². The van der Waals surface area contributed by atoms with Gasteiger partial charge in [-0.15, -0.1) is 0 Å². The summed E-state index contributed by atoms with van der Waals surface area (Å²) in [5.41, 5.74) is 0. The largest absolute Gasteiger partial charge is 0.393 e. The first-order valence-corrected chi connectivity index (χ1v) is 8.05. The van der Waals surface area contributed by atoms with Crippen LogP contribution in [-0.2, 0) is 14.6 Å². The van der Waals surface area contributed by atoms with Crippen molar-refractivity contribution in [2.24, 2.45) is 5.92 Å². The van der Waals surface area contributed by atoms with E-state index in [4.69, 9.17) is 0 Å². The van der Waals surface area contributed by atoms with E-state index in [1.807, 2.05) is 0 Å². The minimum Gasteiger partial charge on any atom is -0.393 e. The highest BCUT2D eigenvalue weighted by atomic mass is 32.2. The van der Waals surface area contributed by atoms with Crippen molar-refractivity contribution in [2.75, 3.05) is 18.6 Å². The Bertz CT molecular complexity index is 344. The third kappa shape index (κ3) is 6.63. The van der Waals surface area contributed by atoms with Crippen LogP contribution in [0.5, 0.6) is 0 Å². The molecule has 0 saturated heterocycles. The van der Waals surface area contributed by atoms with Crippen molar-refractivity contribution in [1.82, 2.24) is 5.32 Å². The van der Waals surface area contributed by atoms with E-state index in [0.29, 0.717) is 12.5 Å². The van der Waals surface area contributed by atoms with E-state index < -0.39 is 9.84 Å². The number of rotatable bonds is 5. The van der Waals surface area contributed by atoms with E-state index in [-0.39, 0.29) is 24.2 Å². The molecule has 1 aliphatic rings. The number of aliphatic hydroxyl groups is 1. The molecule has 0 unspecified atom stereocenters. The number of carbonyl (C=O) groups excluding carboxylic acids is 1. The molecule has 1 amide bonds. The Morgan fingerprint density at radius 1 is 1.29 bits per heavy atom. The van der Waals surface area contributed by atoms with Gasteiger partial charge in [-0.2, -0.15) is 0 Å². The summed E-state index contributed by atoms with van der Waals surface area (Å²) < 4.78 is 21.7. The van der Waals surface area contributed by atoms with E-state index in [0.717, 1.165) is 31.9 Å². The molecule has 0 aliphatic heterocycles. The molecule has 1 rings (SSSR count). The van der Waals surface area contributed by atoms with Crippen molar-refractivity contribution in [3.8, 4) is 0 Å². The Balaban J connectivity index is 2.16. The monoisotopic (exact) mass is 263 g/mol. The summed E-state index contributed by atoms with van der Waals surface area (Å²) in [6, 6.07) is 0. The van der Waals surface area contributed by atoms with Gasteiger partial charge in [0.25, 0.3) is 0 Å². The van der Waals surface area contributed by atoms with Gasteiger partial charge in [-0.3, -0.25) is 4.79 Å². The van der Waals surface area contributed by atoms with Gasteiger partial charge in [0.05, 0.1) is 11.9 Å². The quantitative estimate of drug-likeness (QED) is 0.736. The van der Waals surface area contributed by atoms with Crippen LogP contribution in [0.3, 0.4) is 0 Å². The fourth-order valence-electron chi connectivity index (χ4n) is 1.97. The molecule has 5 nitrogen and oxygen atoms in total. The highest BCUT2D eigenvalue weighted by Gasteiger charge is 2.19. The summed E-state index contributed by atoms with van der Waals surface area (Å²) in [6.45, 7) is 0.593. The fourth-order valence-corrected chi connectivity index (χ4v) is 2.53. The van der Waals surface area contributed by atoms with Crippen molar-refractivity contribution in [3.05, 3.63) is 0 Å². The molecule has 0 atom stereocenters. The fraction of sp³-hybridized carbons (Fsp3) is 0.909. The van der Waals surface area contributed by atoms with Crippen LogP contribution in [0.4, 0.5) is 0 Å². The van der Waals surface area contributed by atoms with Gasteiger partial charge in [-0.05, 0) is 31.6 Å². The molecular weight excluding hydrogens is 242 g/mol. The molecule has 0 bridgehead atoms. The lowest BCUT2D eigenvalue weighted by Crippen LogP contribution is -2.32. The molecule has 0 heterocycles. The van der Waals surface area contributed by atoms with Crippen molar-refractivity contribution >= 4 is 15.7 Å². The predicted octanol–water partition coefficient (Wildman–Crippen LogP) is 0.0884. The number of hydrogen-bond donors (Lipinski definition) is 2. The lowest BCUT2D eigenvalue weighted by Gasteiger charge is -2.25. The minimum absolute atomic E-state index is 0.0359. The standard InChI is InChI=1S/C11H21NO4S/c1-17(15,16)7-6-11(14)12-8-9-2-4-10(13)5-3-9/h9-10,13H,2-8H2,1H3,(H,12,14). The molecule has 0 aromatic carbocycles. The zero-order valence-electron chi connectivity index (χ0n) is 10.2. The Hall–Kier alpha value is -0.620. The van der Waals surface area contributed by atoms with Crippen molar-refractivity contribution in [1.29, 1.82) is 0 Å². The lowest BCUT2D eigenvalue weighted by atomic mass is 9.87. The molecular formula is C11H21NO4S. The highest BCUT2D eigenvalue weighted by molar-refractivity contribution is 7.90. The maximum absolute atomic E-state index is 11.4. The summed E-state index contributed by atoms with van der Waals surface area (Å²) in [5, 5.41) is 12.1. The molecule has 0 spiro atoms. The Kier molecular flexibility index (Phi) is 5.39. The summed E-state index contributed by atoms with van der Waals surface area (Å²) in [5.74, 6) is 0.115. The summed E-state index contributed by atoms with van der Waals surface area (Å²) in [7, 11) is -3.06. The minimum atomic E-state index is -3.06. The SMILES string of the molecule is CS(=O)(=O)CCC(=O)NCC1CCC(O)CC1. The van der Waals surface area contributed by atoms with Gasteiger partial charge in [-0.25, -0.2) is 8.42 Å². The zero-order chi connectivity index (χ0) is 12.9. The van der Waals surface area contributed by atoms with E-state index in [2.05, 4.69) is 5.32 Å². The molecule has 0 aromatic rings. The number of hydrogen-bond acceptors (Lipinski definition) is 4. The molecule has 0 radical (unpaired) electrons. The first-order chi connectivity index (χ1) is 7.87. The van der Waals surface area contributed by atoms with Crippen molar-refractivity contribution < 1.29 is 18.3 Å². The Morgan fingerprint density at radius 2 is 1.88 bits per heavy atom. The van der Waals surface area contributed by atoms with E-state index in [1.165, 1.54) is 0 Å². The van der Waals surface area contributed by atoms with E-state index in [9.17, 15) is 18.3 Å². The average Bonchev–Trinajstić information content (AvgIpc) is 2.25. The van der Waals surface area contributed by atoms with Gasteiger partial charge < -0.3 is 10.4 Å². The smallest absolute Gasteiger partial charge is 0.221 e. The van der Waals surface area contributed by atoms with Crippen LogP contribution in [0.25, 0.3) is 0 Å². The van der Waals surface area contributed by atoms with Crippen molar-refractivity contribution in [2.45, 2.75) is 38.2 Å². The van der Waals surface area contributed by atoms with Crippen molar-refractivity contribution in [3.63, 3.8) is 0 Å². The lowest BCUT2D eigenvalue weighted by molar-refractivity contribution is -0.120. The number of aliphatic hydroxyl groups excluding tert-OH is 1. The van der Waals surface area contributed by atoms with E-state index >= 15 is 0 Å². The number of sulfone groups is 1. The van der Waals surface area contributed by atoms with Gasteiger partial charge in [0.1, 0.15) is 9.84 Å². The van der Waals surface area contributed by atoms with Gasteiger partial charge >= 0.3 is 0 Å². The first kappa shape index (κ1) is 14.4. The normalized spacial score (nSPS) is 25.5. The Labute approximate surface area is 103 Å². The summed E-state index contributed by atoms with van der Waals surface area (Å²) >= 11 is 0. The molecule has 100 valence electrons. The molecule has 17 heavy (non-hydrogen) atoms. The van der Waals surface area contributed by atoms with Crippen LogP contribution >= 0.6 is 0 Å². The molecule has 2 N–H and O–H groups in total. The van der Waals surface area contributed by atoms with Crippen LogP contribution in [0.2, 0.25) is 0 Å². The number of nitrogens with one attached hydrogen (secondary N) is 1. The summed E-state index contributed by atoms with van der Waals surface area (Å²) in [4.78, 5) is 11.4. The molecule has 1 saturated carbocycles. The first-order valence-electron chi connectivity index (χ1n) is 5.99. The molecule has 6 heteroatoms. The third-order valence-corrected chi connectivity index (χ3v) is 4.05. The van der Waals surface area contributed by atoms with Crippen LogP contribution in [0.1, 0.15) is 32.1 Å². The van der Waals surface area contributed by atoms with Crippen LogP contribution < -0.4 is 5.32 Å². The van der Waals surface area contributed by atoms with Crippen LogP contribution in [0.15, 0.2) is 0 Å². The molecule has 1 fully saturated rings. The zero-order valence-corrected chi connectivity index (χ0v) is 11.0. The second-order valence-electron chi connectivity index (χ2n) is 4.86. The summed E-state index contributed by atoms with van der Waals surface area (Å²) in [6.07, 6.45) is 4.42. The maximum Gasteiger partial charge on any atom is 0.221 e. The topological polar surface area (TPSA) is 83.5 Å². The second-order valence-corrected chi connectivity index (χ2v) is 7.12. The molecule has 1 aliphatic carbocycles. The van der Waals surface area contributed by atoms with Gasteiger partial charge in [0.2, 0.25) is 5.91 Å². The highest BCUT2D eigenvalue weighted by Crippen LogP contribution is 2.23. The van der Waals surface area contributed by atoms with Gasteiger partial charge in [-0.1, -0.05) is 0 Å². The van der Waals surface area contributed by atoms with Crippen LogP contribution in [0, 0.1) is 5.92 Å². The number of amides is 1.